The Morgan fingerprint density at radius 3 is 2.71 bits per heavy atom. The maximum absolute atomic E-state index is 11.8. The average Bonchev–Trinajstić information content (AvgIpc) is 3.29. The van der Waals surface area contributed by atoms with E-state index in [-0.39, 0.29) is 11.1 Å². The van der Waals surface area contributed by atoms with E-state index in [9.17, 15) is 9.90 Å². The summed E-state index contributed by atoms with van der Waals surface area (Å²) in [6, 6.07) is 18.9. The molecular weight excluding hydrogens is 424 g/mol. The molecule has 5 rings (SSSR count). The number of carboxylic acid groups (broad SMARTS) is 1. The summed E-state index contributed by atoms with van der Waals surface area (Å²) in [5.74, 6) is -0.610. The minimum atomic E-state index is -1.03. The van der Waals surface area contributed by atoms with Crippen LogP contribution in [0.2, 0.25) is 0 Å². The molecule has 0 aliphatic carbocycles. The highest BCUT2D eigenvalue weighted by molar-refractivity contribution is 5.92. The van der Waals surface area contributed by atoms with E-state index < -0.39 is 5.97 Å². The Morgan fingerprint density at radius 1 is 1.15 bits per heavy atom. The van der Waals surface area contributed by atoms with Crippen molar-refractivity contribution in [2.45, 2.75) is 45.2 Å². The van der Waals surface area contributed by atoms with Gasteiger partial charge in [0.1, 0.15) is 5.56 Å². The molecule has 172 valence electrons. The lowest BCUT2D eigenvalue weighted by Gasteiger charge is -2.47. The second-order valence-electron chi connectivity index (χ2n) is 9.60. The number of aromatic nitrogens is 3. The Balaban J connectivity index is 1.52. The molecule has 2 aromatic carbocycles. The number of benzene rings is 2. The SMILES string of the molecule is CC1CC(C)(C)N(Cc2ccccc2)c2ccc(/C=C/c3c(C(=O)O)cnc4ccnn34)cc21. The molecule has 0 radical (unpaired) electrons. The number of hydrogen-bond donors (Lipinski definition) is 1. The number of carbonyl (C=O) groups is 1. The lowest BCUT2D eigenvalue weighted by Crippen LogP contribution is -2.47. The van der Waals surface area contributed by atoms with E-state index in [1.807, 2.05) is 12.2 Å². The number of rotatable bonds is 5. The van der Waals surface area contributed by atoms with Gasteiger partial charge in [-0.25, -0.2) is 14.3 Å². The quantitative estimate of drug-likeness (QED) is 0.409. The van der Waals surface area contributed by atoms with Crippen molar-refractivity contribution < 1.29 is 9.90 Å². The molecule has 4 aromatic rings. The van der Waals surface area contributed by atoms with E-state index >= 15 is 0 Å². The fraction of sp³-hybridized carbons (Fsp3) is 0.250. The van der Waals surface area contributed by atoms with Crippen molar-refractivity contribution in [3.05, 3.63) is 94.9 Å². The second kappa shape index (κ2) is 8.45. The molecule has 1 N–H and O–H groups in total. The van der Waals surface area contributed by atoms with Gasteiger partial charge in [-0.05, 0) is 61.1 Å². The van der Waals surface area contributed by atoms with Crippen molar-refractivity contribution in [2.24, 2.45) is 0 Å². The predicted octanol–water partition coefficient (Wildman–Crippen LogP) is 5.89. The van der Waals surface area contributed by atoms with Gasteiger partial charge in [0.15, 0.2) is 5.65 Å². The van der Waals surface area contributed by atoms with Gasteiger partial charge in [-0.15, -0.1) is 0 Å². The van der Waals surface area contributed by atoms with Crippen molar-refractivity contribution in [2.75, 3.05) is 4.90 Å². The van der Waals surface area contributed by atoms with Gasteiger partial charge in [-0.1, -0.05) is 49.4 Å². The molecule has 2 aromatic heterocycles. The first kappa shape index (κ1) is 21.9. The van der Waals surface area contributed by atoms with Crippen LogP contribution in [0, 0.1) is 0 Å². The number of fused-ring (bicyclic) bond motifs is 2. The van der Waals surface area contributed by atoms with E-state index in [4.69, 9.17) is 0 Å². The first-order valence-electron chi connectivity index (χ1n) is 11.5. The first-order chi connectivity index (χ1) is 16.3. The lowest BCUT2D eigenvalue weighted by atomic mass is 9.79. The lowest BCUT2D eigenvalue weighted by molar-refractivity contribution is 0.0695. The van der Waals surface area contributed by atoms with Crippen LogP contribution in [0.3, 0.4) is 0 Å². The van der Waals surface area contributed by atoms with Crippen LogP contribution in [0.5, 0.6) is 0 Å². The maximum atomic E-state index is 11.8. The average molecular weight is 453 g/mol. The Hall–Kier alpha value is -3.93. The number of anilines is 1. The van der Waals surface area contributed by atoms with Crippen molar-refractivity contribution in [1.29, 1.82) is 0 Å². The molecule has 1 unspecified atom stereocenters. The zero-order valence-corrected chi connectivity index (χ0v) is 19.6. The fourth-order valence-corrected chi connectivity index (χ4v) is 5.07. The number of carboxylic acids is 1. The maximum Gasteiger partial charge on any atom is 0.339 e. The summed E-state index contributed by atoms with van der Waals surface area (Å²) >= 11 is 0. The fourth-order valence-electron chi connectivity index (χ4n) is 5.07. The number of nitrogens with zero attached hydrogens (tertiary/aromatic N) is 4. The highest BCUT2D eigenvalue weighted by atomic mass is 16.4. The van der Waals surface area contributed by atoms with Crippen LogP contribution in [-0.2, 0) is 6.54 Å². The Labute approximate surface area is 199 Å². The van der Waals surface area contributed by atoms with Gasteiger partial charge < -0.3 is 10.0 Å². The van der Waals surface area contributed by atoms with Crippen molar-refractivity contribution in [3.63, 3.8) is 0 Å². The number of hydrogen-bond acceptors (Lipinski definition) is 4. The third-order valence-electron chi connectivity index (χ3n) is 6.71. The molecule has 6 nitrogen and oxygen atoms in total. The molecule has 0 saturated heterocycles. The van der Waals surface area contributed by atoms with Crippen LogP contribution in [0.4, 0.5) is 5.69 Å². The van der Waals surface area contributed by atoms with Gasteiger partial charge in [-0.2, -0.15) is 5.10 Å². The first-order valence-corrected chi connectivity index (χ1v) is 11.5. The van der Waals surface area contributed by atoms with Gasteiger partial charge in [0.25, 0.3) is 0 Å². The van der Waals surface area contributed by atoms with E-state index in [2.05, 4.69) is 84.3 Å². The van der Waals surface area contributed by atoms with Crippen molar-refractivity contribution in [3.8, 4) is 0 Å². The summed E-state index contributed by atoms with van der Waals surface area (Å²) < 4.78 is 1.56. The molecule has 0 amide bonds. The Kier molecular flexibility index (Phi) is 5.44. The summed E-state index contributed by atoms with van der Waals surface area (Å²) in [7, 11) is 0. The minimum absolute atomic E-state index is 0.0404. The Bertz CT molecular complexity index is 1390. The predicted molar refractivity (Wildman–Crippen MR) is 135 cm³/mol. The normalized spacial score (nSPS) is 17.3. The highest BCUT2D eigenvalue weighted by Crippen LogP contribution is 2.44. The molecule has 0 spiro atoms. The zero-order chi connectivity index (χ0) is 23.9. The smallest absolute Gasteiger partial charge is 0.339 e. The standard InChI is InChI=1S/C28H28N4O2/c1-19-16-28(2,3)31(18-21-7-5-4-6-8-21)24-11-9-20(15-22(19)24)10-12-25-23(27(33)34)17-29-26-13-14-30-32(25)26/h4-15,17,19H,16,18H2,1-3H3,(H,33,34)/b12-10+. The van der Waals surface area contributed by atoms with Crippen LogP contribution in [-0.4, -0.2) is 31.2 Å². The zero-order valence-electron chi connectivity index (χ0n) is 19.6. The molecule has 1 atom stereocenters. The molecule has 0 bridgehead atoms. The van der Waals surface area contributed by atoms with Crippen LogP contribution >= 0.6 is 0 Å². The van der Waals surface area contributed by atoms with Gasteiger partial charge in [0.2, 0.25) is 0 Å². The topological polar surface area (TPSA) is 70.7 Å². The monoisotopic (exact) mass is 452 g/mol. The summed E-state index contributed by atoms with van der Waals surface area (Å²) in [5.41, 5.74) is 6.17. The van der Waals surface area contributed by atoms with Crippen LogP contribution in [0.25, 0.3) is 17.8 Å². The van der Waals surface area contributed by atoms with E-state index in [0.29, 0.717) is 17.3 Å². The minimum Gasteiger partial charge on any atom is -0.478 e. The third kappa shape index (κ3) is 3.96. The van der Waals surface area contributed by atoms with Crippen molar-refractivity contribution in [1.82, 2.24) is 14.6 Å². The molecule has 1 aliphatic rings. The largest absolute Gasteiger partial charge is 0.478 e. The van der Waals surface area contributed by atoms with Gasteiger partial charge in [0.05, 0.1) is 11.9 Å². The summed E-state index contributed by atoms with van der Waals surface area (Å²) in [6.07, 6.45) is 7.83. The van der Waals surface area contributed by atoms with Crippen LogP contribution in [0.15, 0.2) is 67.0 Å². The third-order valence-corrected chi connectivity index (χ3v) is 6.71. The molecule has 6 heteroatoms. The van der Waals surface area contributed by atoms with Crippen LogP contribution in [0.1, 0.15) is 65.9 Å². The molecular formula is C28H28N4O2. The molecule has 34 heavy (non-hydrogen) atoms. The van der Waals surface area contributed by atoms with Gasteiger partial charge in [-0.3, -0.25) is 0 Å². The summed E-state index contributed by atoms with van der Waals surface area (Å²) in [4.78, 5) is 18.4. The molecule has 0 saturated carbocycles. The van der Waals surface area contributed by atoms with E-state index in [0.717, 1.165) is 18.5 Å². The molecule has 1 aliphatic heterocycles. The molecule has 3 heterocycles. The summed E-state index contributed by atoms with van der Waals surface area (Å²) in [6.45, 7) is 7.77. The number of aromatic carboxylic acids is 1. The van der Waals surface area contributed by atoms with Gasteiger partial charge in [0, 0.05) is 30.0 Å². The van der Waals surface area contributed by atoms with E-state index in [1.165, 1.54) is 23.0 Å². The summed E-state index contributed by atoms with van der Waals surface area (Å²) in [5, 5.41) is 13.9. The highest BCUT2D eigenvalue weighted by Gasteiger charge is 2.36. The Morgan fingerprint density at radius 2 is 1.94 bits per heavy atom. The molecule has 0 fully saturated rings. The second-order valence-corrected chi connectivity index (χ2v) is 9.60. The van der Waals surface area contributed by atoms with Crippen molar-refractivity contribution >= 4 is 29.5 Å². The van der Waals surface area contributed by atoms with E-state index in [1.54, 1.807) is 16.8 Å². The van der Waals surface area contributed by atoms with Crippen LogP contribution < -0.4 is 4.90 Å². The van der Waals surface area contributed by atoms with Gasteiger partial charge >= 0.3 is 5.97 Å².